The quantitative estimate of drug-likeness (QED) is 0.342. The van der Waals surface area contributed by atoms with Crippen molar-refractivity contribution in [2.24, 2.45) is 16.5 Å². The van der Waals surface area contributed by atoms with Crippen LogP contribution >= 0.6 is 0 Å². The van der Waals surface area contributed by atoms with Crippen LogP contribution in [0.15, 0.2) is 59.6 Å². The minimum Gasteiger partial charge on any atom is -0.457 e. The Labute approximate surface area is 120 Å². The number of rotatable bonds is 3. The molecule has 0 heterocycles. The number of nitrogens with zero attached hydrogens (tertiary/aromatic N) is 2. The van der Waals surface area contributed by atoms with Crippen LogP contribution in [0.2, 0.25) is 0 Å². The van der Waals surface area contributed by atoms with E-state index in [-0.39, 0.29) is 5.96 Å². The van der Waals surface area contributed by atoms with Crippen LogP contribution < -0.4 is 16.2 Å². The second-order valence-corrected chi connectivity index (χ2v) is 3.68. The molecule has 5 N–H and O–H groups in total. The highest BCUT2D eigenvalue weighted by Gasteiger charge is 1.96. The molecule has 0 aliphatic carbocycles. The molecule has 21 heavy (non-hydrogen) atoms. The fraction of sp³-hybridized carbons (Fsp3) is 0. The third-order valence-electron chi connectivity index (χ3n) is 2.07. The van der Waals surface area contributed by atoms with E-state index in [0.29, 0.717) is 5.69 Å². The number of hydrogen-bond donors (Lipinski definition) is 3. The topological polar surface area (TPSA) is 137 Å². The Bertz CT molecular complexity index is 591. The number of aliphatic imine (C=N–C) groups is 1. The summed E-state index contributed by atoms with van der Waals surface area (Å²) in [4.78, 5) is 12.3. The molecule has 0 unspecified atom stereocenters. The maximum Gasteiger partial charge on any atom is 0.291 e. The molecule has 2 rings (SSSR count). The minimum absolute atomic E-state index is 0.0433. The molecule has 8 heteroatoms. The van der Waals surface area contributed by atoms with Gasteiger partial charge in [-0.3, -0.25) is 0 Å². The lowest BCUT2D eigenvalue weighted by Gasteiger charge is -2.05. The first-order valence-corrected chi connectivity index (χ1v) is 5.73. The first-order valence-electron chi connectivity index (χ1n) is 5.73. The number of hydrogen-bond acceptors (Lipinski definition) is 4. The molecular formula is C13H14N4O4. The van der Waals surface area contributed by atoms with Crippen LogP contribution in [0, 0.1) is 10.1 Å². The third kappa shape index (κ3) is 7.01. The van der Waals surface area contributed by atoms with Crippen LogP contribution in [0.25, 0.3) is 0 Å². The van der Waals surface area contributed by atoms with Gasteiger partial charge in [0.15, 0.2) is 5.96 Å². The predicted octanol–water partition coefficient (Wildman–Crippen LogP) is 2.04. The van der Waals surface area contributed by atoms with Crippen LogP contribution in [-0.2, 0) is 0 Å². The fourth-order valence-electron chi connectivity index (χ4n) is 1.36. The van der Waals surface area contributed by atoms with Crippen molar-refractivity contribution in [3.8, 4) is 11.5 Å². The minimum atomic E-state index is -1.50. The van der Waals surface area contributed by atoms with Gasteiger partial charge in [0.25, 0.3) is 5.09 Å². The zero-order valence-corrected chi connectivity index (χ0v) is 10.9. The van der Waals surface area contributed by atoms with Crippen LogP contribution in [0.4, 0.5) is 5.69 Å². The summed E-state index contributed by atoms with van der Waals surface area (Å²) in [6, 6.07) is 16.8. The van der Waals surface area contributed by atoms with Crippen LogP contribution in [0.1, 0.15) is 0 Å². The van der Waals surface area contributed by atoms with Gasteiger partial charge in [0, 0.05) is 0 Å². The standard InChI is InChI=1S/C13H13N3O.HNO3/c14-13(15)16-10-6-8-12(9-7-10)17-11-4-2-1-3-5-11;2-1(3)4/h1-9H,(H4,14,15,16);(H,2,3,4). The summed E-state index contributed by atoms with van der Waals surface area (Å²) in [7, 11) is 0. The Morgan fingerprint density at radius 2 is 1.52 bits per heavy atom. The first-order chi connectivity index (χ1) is 9.97. The largest absolute Gasteiger partial charge is 0.457 e. The highest BCUT2D eigenvalue weighted by Crippen LogP contribution is 2.23. The molecule has 8 nitrogen and oxygen atoms in total. The van der Waals surface area contributed by atoms with Gasteiger partial charge in [-0.15, -0.1) is 10.1 Å². The molecule has 0 amide bonds. The van der Waals surface area contributed by atoms with E-state index >= 15 is 0 Å². The zero-order chi connectivity index (χ0) is 15.7. The zero-order valence-electron chi connectivity index (χ0n) is 10.9. The predicted molar refractivity (Wildman–Crippen MR) is 77.2 cm³/mol. The van der Waals surface area contributed by atoms with Crippen molar-refractivity contribution < 1.29 is 15.0 Å². The highest BCUT2D eigenvalue weighted by molar-refractivity contribution is 5.79. The molecule has 0 radical (unpaired) electrons. The Balaban J connectivity index is 0.000000491. The van der Waals surface area contributed by atoms with E-state index in [1.54, 1.807) is 12.1 Å². The van der Waals surface area contributed by atoms with E-state index in [1.807, 2.05) is 42.5 Å². The summed E-state index contributed by atoms with van der Waals surface area (Å²) < 4.78 is 5.63. The number of guanidine groups is 1. The monoisotopic (exact) mass is 290 g/mol. The van der Waals surface area contributed by atoms with E-state index in [2.05, 4.69) is 4.99 Å². The van der Waals surface area contributed by atoms with Gasteiger partial charge in [-0.2, -0.15) is 0 Å². The number of para-hydroxylation sites is 1. The molecule has 2 aromatic carbocycles. The molecule has 110 valence electrons. The van der Waals surface area contributed by atoms with Crippen LogP contribution in [0.5, 0.6) is 11.5 Å². The molecule has 0 fully saturated rings. The average molecular weight is 290 g/mol. The maximum atomic E-state index is 8.36. The van der Waals surface area contributed by atoms with E-state index in [0.717, 1.165) is 11.5 Å². The van der Waals surface area contributed by atoms with E-state index < -0.39 is 5.09 Å². The van der Waals surface area contributed by atoms with E-state index in [9.17, 15) is 0 Å². The van der Waals surface area contributed by atoms with Crippen molar-refractivity contribution in [1.82, 2.24) is 0 Å². The lowest BCUT2D eigenvalue weighted by molar-refractivity contribution is -0.742. The van der Waals surface area contributed by atoms with Crippen molar-refractivity contribution in [2.75, 3.05) is 0 Å². The summed E-state index contributed by atoms with van der Waals surface area (Å²) >= 11 is 0. The lowest BCUT2D eigenvalue weighted by Crippen LogP contribution is -2.21. The summed E-state index contributed by atoms with van der Waals surface area (Å²) in [5.41, 5.74) is 11.3. The molecule has 0 aromatic heterocycles. The number of nitrogens with two attached hydrogens (primary N) is 2. The van der Waals surface area contributed by atoms with Crippen LogP contribution in [0.3, 0.4) is 0 Å². The molecule has 2 aromatic rings. The fourth-order valence-corrected chi connectivity index (χ4v) is 1.36. The van der Waals surface area contributed by atoms with Crippen molar-refractivity contribution in [1.29, 1.82) is 0 Å². The summed E-state index contributed by atoms with van der Waals surface area (Å²) in [6.45, 7) is 0. The van der Waals surface area contributed by atoms with Gasteiger partial charge >= 0.3 is 0 Å². The Kier molecular flexibility index (Phi) is 6.00. The van der Waals surface area contributed by atoms with Crippen molar-refractivity contribution in [3.63, 3.8) is 0 Å². The summed E-state index contributed by atoms with van der Waals surface area (Å²) in [5.74, 6) is 1.58. The van der Waals surface area contributed by atoms with Crippen molar-refractivity contribution in [2.45, 2.75) is 0 Å². The SMILES string of the molecule is NC(N)=Nc1ccc(Oc2ccccc2)cc1.O=[N+]([O-])O. The van der Waals surface area contributed by atoms with Crippen molar-refractivity contribution >= 4 is 11.6 Å². The number of ether oxygens (including phenoxy) is 1. The third-order valence-corrected chi connectivity index (χ3v) is 2.07. The lowest BCUT2D eigenvalue weighted by atomic mass is 10.3. The summed E-state index contributed by atoms with van der Waals surface area (Å²) in [5, 5.41) is 13.6. The molecule has 0 spiro atoms. The van der Waals surface area contributed by atoms with Gasteiger partial charge in [-0.25, -0.2) is 4.99 Å². The Morgan fingerprint density at radius 1 is 1.05 bits per heavy atom. The molecule has 0 bridgehead atoms. The van der Waals surface area contributed by atoms with Crippen molar-refractivity contribution in [3.05, 3.63) is 64.7 Å². The molecule has 0 aliphatic rings. The average Bonchev–Trinajstić information content (AvgIpc) is 2.41. The van der Waals surface area contributed by atoms with E-state index in [1.165, 1.54) is 0 Å². The smallest absolute Gasteiger partial charge is 0.291 e. The van der Waals surface area contributed by atoms with Gasteiger partial charge < -0.3 is 21.4 Å². The van der Waals surface area contributed by atoms with Gasteiger partial charge in [0.05, 0.1) is 5.69 Å². The molecule has 0 saturated carbocycles. The Morgan fingerprint density at radius 3 is 2.00 bits per heavy atom. The van der Waals surface area contributed by atoms with Crippen LogP contribution in [-0.4, -0.2) is 16.3 Å². The highest BCUT2D eigenvalue weighted by atomic mass is 16.9. The summed E-state index contributed by atoms with van der Waals surface area (Å²) in [6.07, 6.45) is 0. The second-order valence-electron chi connectivity index (χ2n) is 3.68. The van der Waals surface area contributed by atoms with Gasteiger partial charge in [0.2, 0.25) is 0 Å². The first kappa shape index (κ1) is 15.8. The molecule has 0 aliphatic heterocycles. The van der Waals surface area contributed by atoms with Gasteiger partial charge in [0.1, 0.15) is 11.5 Å². The molecular weight excluding hydrogens is 276 g/mol. The molecule has 0 saturated heterocycles. The number of benzene rings is 2. The maximum absolute atomic E-state index is 8.36. The second kappa shape index (κ2) is 8.00. The normalized spacial score (nSPS) is 8.95. The van der Waals surface area contributed by atoms with Gasteiger partial charge in [-0.05, 0) is 36.4 Å². The van der Waals surface area contributed by atoms with E-state index in [4.69, 9.17) is 31.5 Å². The Hall–Kier alpha value is -3.29. The van der Waals surface area contributed by atoms with Gasteiger partial charge in [-0.1, -0.05) is 18.2 Å². The molecule has 0 atom stereocenters.